The van der Waals surface area contributed by atoms with E-state index in [0.29, 0.717) is 29.3 Å². The third-order valence-electron chi connectivity index (χ3n) is 4.22. The van der Waals surface area contributed by atoms with Crippen LogP contribution < -0.4 is 4.74 Å². The molecule has 138 valence electrons. The van der Waals surface area contributed by atoms with Crippen molar-refractivity contribution in [2.75, 3.05) is 0 Å². The van der Waals surface area contributed by atoms with E-state index in [1.54, 1.807) is 12.1 Å². The lowest BCUT2D eigenvalue weighted by Gasteiger charge is -2.12. The molecule has 0 radical (unpaired) electrons. The monoisotopic (exact) mass is 434 g/mol. The maximum atomic E-state index is 11.2. The average molecular weight is 435 g/mol. The van der Waals surface area contributed by atoms with E-state index >= 15 is 0 Å². The normalized spacial score (nSPS) is 10.8. The summed E-state index contributed by atoms with van der Waals surface area (Å²) in [5.74, 6) is -0.435. The van der Waals surface area contributed by atoms with Gasteiger partial charge in [0.15, 0.2) is 5.75 Å². The Bertz CT molecular complexity index is 1160. The standard InChI is InChI=1S/C22H15BrN2O3/c23-16-11-9-15-10-12-18(17-7-4-8-19(24-17)22(26)27)25-20(15)21(16)28-13-14-5-2-1-3-6-14/h1-12H,13H2,(H,26,27). The fraction of sp³-hybridized carbons (Fsp3) is 0.0455. The van der Waals surface area contributed by atoms with Gasteiger partial charge in [-0.15, -0.1) is 0 Å². The van der Waals surface area contributed by atoms with Crippen molar-refractivity contribution in [3.8, 4) is 17.1 Å². The van der Waals surface area contributed by atoms with Crippen LogP contribution in [0.25, 0.3) is 22.3 Å². The van der Waals surface area contributed by atoms with Crippen molar-refractivity contribution in [2.24, 2.45) is 0 Å². The van der Waals surface area contributed by atoms with Gasteiger partial charge >= 0.3 is 5.97 Å². The van der Waals surface area contributed by atoms with Crippen LogP contribution in [0.15, 0.2) is 77.3 Å². The smallest absolute Gasteiger partial charge is 0.354 e. The average Bonchev–Trinajstić information content (AvgIpc) is 2.73. The Hall–Kier alpha value is -3.25. The fourth-order valence-electron chi connectivity index (χ4n) is 2.84. The minimum absolute atomic E-state index is 0.0193. The molecule has 0 atom stereocenters. The molecule has 0 aliphatic heterocycles. The third-order valence-corrected chi connectivity index (χ3v) is 4.85. The van der Waals surface area contributed by atoms with Gasteiger partial charge in [-0.2, -0.15) is 0 Å². The summed E-state index contributed by atoms with van der Waals surface area (Å²) in [5.41, 5.74) is 2.80. The Morgan fingerprint density at radius 2 is 1.64 bits per heavy atom. The topological polar surface area (TPSA) is 72.3 Å². The SMILES string of the molecule is O=C(O)c1cccc(-c2ccc3ccc(Br)c(OCc4ccccc4)c3n2)n1. The summed E-state index contributed by atoms with van der Waals surface area (Å²) in [5, 5.41) is 10.1. The number of carboxylic acids is 1. The summed E-state index contributed by atoms with van der Waals surface area (Å²) in [6.07, 6.45) is 0. The van der Waals surface area contributed by atoms with Crippen molar-refractivity contribution in [2.45, 2.75) is 6.61 Å². The number of pyridine rings is 2. The van der Waals surface area contributed by atoms with Crippen molar-refractivity contribution in [1.82, 2.24) is 9.97 Å². The van der Waals surface area contributed by atoms with E-state index in [0.717, 1.165) is 15.4 Å². The highest BCUT2D eigenvalue weighted by Gasteiger charge is 2.13. The minimum atomic E-state index is -1.07. The molecule has 4 rings (SSSR count). The number of nitrogens with zero attached hydrogens (tertiary/aromatic N) is 2. The number of ether oxygens (including phenoxy) is 1. The lowest BCUT2D eigenvalue weighted by molar-refractivity contribution is 0.0690. The number of carboxylic acid groups (broad SMARTS) is 1. The number of fused-ring (bicyclic) bond motifs is 1. The number of aromatic carboxylic acids is 1. The van der Waals surface area contributed by atoms with E-state index < -0.39 is 5.97 Å². The second-order valence-electron chi connectivity index (χ2n) is 6.13. The van der Waals surface area contributed by atoms with Gasteiger partial charge < -0.3 is 9.84 Å². The second kappa shape index (κ2) is 7.78. The Kier molecular flexibility index (Phi) is 5.04. The molecular weight excluding hydrogens is 420 g/mol. The number of carbonyl (C=O) groups is 1. The first-order chi connectivity index (χ1) is 13.6. The molecule has 2 heterocycles. The first-order valence-corrected chi connectivity index (χ1v) is 9.38. The van der Waals surface area contributed by atoms with Crippen molar-refractivity contribution in [3.63, 3.8) is 0 Å². The van der Waals surface area contributed by atoms with E-state index in [2.05, 4.69) is 20.9 Å². The molecule has 0 amide bonds. The molecule has 28 heavy (non-hydrogen) atoms. The van der Waals surface area contributed by atoms with Crippen molar-refractivity contribution >= 4 is 32.8 Å². The highest BCUT2D eigenvalue weighted by Crippen LogP contribution is 2.34. The zero-order valence-corrected chi connectivity index (χ0v) is 16.3. The van der Waals surface area contributed by atoms with Gasteiger partial charge in [-0.3, -0.25) is 0 Å². The van der Waals surface area contributed by atoms with E-state index in [9.17, 15) is 9.90 Å². The molecule has 0 aliphatic carbocycles. The molecule has 2 aromatic carbocycles. The Morgan fingerprint density at radius 1 is 0.893 bits per heavy atom. The predicted octanol–water partition coefficient (Wildman–Crippen LogP) is 5.34. The van der Waals surface area contributed by atoms with E-state index in [1.165, 1.54) is 6.07 Å². The third kappa shape index (κ3) is 3.73. The molecule has 1 N–H and O–H groups in total. The first kappa shape index (κ1) is 18.1. The van der Waals surface area contributed by atoms with Crippen molar-refractivity contribution < 1.29 is 14.6 Å². The number of rotatable bonds is 5. The number of aromatic nitrogens is 2. The fourth-order valence-corrected chi connectivity index (χ4v) is 3.28. The van der Waals surface area contributed by atoms with Gasteiger partial charge in [0.2, 0.25) is 0 Å². The van der Waals surface area contributed by atoms with Crippen LogP contribution in [0.5, 0.6) is 5.75 Å². The summed E-state index contributed by atoms with van der Waals surface area (Å²) in [6, 6.07) is 22.4. The van der Waals surface area contributed by atoms with Crippen LogP contribution in [-0.4, -0.2) is 21.0 Å². The molecule has 0 spiro atoms. The summed E-state index contributed by atoms with van der Waals surface area (Å²) in [6.45, 7) is 0.414. The van der Waals surface area contributed by atoms with Crippen LogP contribution in [-0.2, 0) is 6.61 Å². The maximum Gasteiger partial charge on any atom is 0.354 e. The molecule has 5 nitrogen and oxygen atoms in total. The molecule has 4 aromatic rings. The highest BCUT2D eigenvalue weighted by atomic mass is 79.9. The van der Waals surface area contributed by atoms with Gasteiger partial charge in [0, 0.05) is 5.39 Å². The highest BCUT2D eigenvalue weighted by molar-refractivity contribution is 9.10. The Labute approximate surface area is 169 Å². The Morgan fingerprint density at radius 3 is 2.43 bits per heavy atom. The molecular formula is C22H15BrN2O3. The van der Waals surface area contributed by atoms with Gasteiger partial charge in [-0.1, -0.05) is 48.5 Å². The predicted molar refractivity (Wildman–Crippen MR) is 110 cm³/mol. The molecule has 0 bridgehead atoms. The molecule has 0 saturated heterocycles. The molecule has 6 heteroatoms. The first-order valence-electron chi connectivity index (χ1n) is 8.58. The Balaban J connectivity index is 1.75. The molecule has 0 unspecified atom stereocenters. The lowest BCUT2D eigenvalue weighted by atomic mass is 10.1. The van der Waals surface area contributed by atoms with Crippen LogP contribution in [0.4, 0.5) is 0 Å². The van der Waals surface area contributed by atoms with Crippen molar-refractivity contribution in [1.29, 1.82) is 0 Å². The van der Waals surface area contributed by atoms with Crippen LogP contribution in [0, 0.1) is 0 Å². The van der Waals surface area contributed by atoms with Gasteiger partial charge in [-0.25, -0.2) is 14.8 Å². The molecule has 0 aliphatic rings. The van der Waals surface area contributed by atoms with Gasteiger partial charge in [-0.05, 0) is 45.8 Å². The van der Waals surface area contributed by atoms with Crippen molar-refractivity contribution in [3.05, 3.63) is 88.5 Å². The number of hydrogen-bond donors (Lipinski definition) is 1. The number of benzene rings is 2. The molecule has 2 aromatic heterocycles. The maximum absolute atomic E-state index is 11.2. The van der Waals surface area contributed by atoms with Gasteiger partial charge in [0.05, 0.1) is 15.9 Å². The number of hydrogen-bond acceptors (Lipinski definition) is 4. The van der Waals surface area contributed by atoms with Gasteiger partial charge in [0.25, 0.3) is 0 Å². The zero-order chi connectivity index (χ0) is 19.5. The zero-order valence-electron chi connectivity index (χ0n) is 14.7. The van der Waals surface area contributed by atoms with E-state index in [4.69, 9.17) is 9.72 Å². The largest absolute Gasteiger partial charge is 0.485 e. The van der Waals surface area contributed by atoms with Crippen LogP contribution in [0.2, 0.25) is 0 Å². The molecule has 0 fully saturated rings. The van der Waals surface area contributed by atoms with Gasteiger partial charge in [0.1, 0.15) is 17.8 Å². The minimum Gasteiger partial charge on any atom is -0.485 e. The quantitative estimate of drug-likeness (QED) is 0.459. The lowest BCUT2D eigenvalue weighted by Crippen LogP contribution is -2.01. The van der Waals surface area contributed by atoms with E-state index in [1.807, 2.05) is 54.6 Å². The summed E-state index contributed by atoms with van der Waals surface area (Å²) >= 11 is 3.54. The summed E-state index contributed by atoms with van der Waals surface area (Å²) in [7, 11) is 0. The molecule has 0 saturated carbocycles. The van der Waals surface area contributed by atoms with Crippen LogP contribution in [0.3, 0.4) is 0 Å². The van der Waals surface area contributed by atoms with Crippen LogP contribution in [0.1, 0.15) is 16.1 Å². The second-order valence-corrected chi connectivity index (χ2v) is 6.99. The van der Waals surface area contributed by atoms with Crippen LogP contribution >= 0.6 is 15.9 Å². The van der Waals surface area contributed by atoms with E-state index in [-0.39, 0.29) is 5.69 Å². The number of halogens is 1. The summed E-state index contributed by atoms with van der Waals surface area (Å²) < 4.78 is 6.86. The summed E-state index contributed by atoms with van der Waals surface area (Å²) in [4.78, 5) is 20.1.